The van der Waals surface area contributed by atoms with Gasteiger partial charge in [0, 0.05) is 17.1 Å². The molecule has 1 unspecified atom stereocenters. The highest BCUT2D eigenvalue weighted by atomic mass is 15.1. The number of fused-ring (bicyclic) bond motifs is 2. The molecule has 6 aromatic rings. The van der Waals surface area contributed by atoms with Crippen molar-refractivity contribution in [2.45, 2.75) is 18.3 Å². The molecule has 0 amide bonds. The van der Waals surface area contributed by atoms with E-state index in [1.165, 1.54) is 44.5 Å². The monoisotopic (exact) mass is 563 g/mol. The molecule has 2 aliphatic rings. The molecule has 0 radical (unpaired) electrons. The maximum atomic E-state index is 2.37. The van der Waals surface area contributed by atoms with Gasteiger partial charge in [-0.2, -0.15) is 0 Å². The molecule has 8 rings (SSSR count). The molecular formula is C43H33N. The number of allylic oxidation sites excluding steroid dienone is 4. The maximum absolute atomic E-state index is 2.37. The number of para-hydroxylation sites is 1. The predicted molar refractivity (Wildman–Crippen MR) is 185 cm³/mol. The van der Waals surface area contributed by atoms with Crippen LogP contribution in [0.1, 0.15) is 35.1 Å². The molecule has 0 bridgehead atoms. The van der Waals surface area contributed by atoms with Crippen molar-refractivity contribution in [1.82, 2.24) is 0 Å². The van der Waals surface area contributed by atoms with Gasteiger partial charge in [0.2, 0.25) is 0 Å². The van der Waals surface area contributed by atoms with E-state index in [-0.39, 0.29) is 5.41 Å². The average molecular weight is 564 g/mol. The van der Waals surface area contributed by atoms with Gasteiger partial charge in [-0.1, -0.05) is 140 Å². The Morgan fingerprint density at radius 1 is 0.477 bits per heavy atom. The fraction of sp³-hybridized carbons (Fsp3) is 0.0698. The van der Waals surface area contributed by atoms with Crippen molar-refractivity contribution < 1.29 is 0 Å². The Morgan fingerprint density at radius 3 is 1.84 bits per heavy atom. The van der Waals surface area contributed by atoms with E-state index in [0.29, 0.717) is 0 Å². The Kier molecular flexibility index (Phi) is 6.57. The minimum atomic E-state index is -0.318. The molecule has 0 saturated carbocycles. The zero-order valence-corrected chi connectivity index (χ0v) is 24.6. The zero-order valence-electron chi connectivity index (χ0n) is 24.6. The number of nitrogens with zero attached hydrogens (tertiary/aromatic N) is 1. The Morgan fingerprint density at radius 2 is 1.07 bits per heavy atom. The first-order valence-corrected chi connectivity index (χ1v) is 15.5. The van der Waals surface area contributed by atoms with Gasteiger partial charge >= 0.3 is 0 Å². The highest BCUT2D eigenvalue weighted by molar-refractivity contribution is 5.91. The van der Waals surface area contributed by atoms with Crippen LogP contribution in [0, 0.1) is 0 Å². The lowest BCUT2D eigenvalue weighted by molar-refractivity contribution is 0.696. The Hall–Kier alpha value is -5.40. The summed E-state index contributed by atoms with van der Waals surface area (Å²) < 4.78 is 0. The second-order valence-corrected chi connectivity index (χ2v) is 11.6. The minimum Gasteiger partial charge on any atom is -0.310 e. The molecule has 1 atom stereocenters. The number of hydrogen-bond acceptors (Lipinski definition) is 1. The normalized spacial score (nSPS) is 16.8. The second-order valence-electron chi connectivity index (χ2n) is 11.6. The molecule has 210 valence electrons. The highest BCUT2D eigenvalue weighted by Gasteiger charge is 2.47. The van der Waals surface area contributed by atoms with Crippen LogP contribution in [0.5, 0.6) is 0 Å². The van der Waals surface area contributed by atoms with Gasteiger partial charge in [0.15, 0.2) is 0 Å². The first kappa shape index (κ1) is 26.2. The molecule has 0 aliphatic heterocycles. The summed E-state index contributed by atoms with van der Waals surface area (Å²) in [6.07, 6.45) is 6.81. The summed E-state index contributed by atoms with van der Waals surface area (Å²) in [6, 6.07) is 59.6. The molecule has 1 heteroatoms. The summed E-state index contributed by atoms with van der Waals surface area (Å²) in [5, 5.41) is 0. The SMILES string of the molecule is C1=CC2=C(CC1)C(c1ccccc1)(c1ccc(N(c3ccccc3)c3cccc(-c4ccccc4)c3)cc1)c1ccccc12. The lowest BCUT2D eigenvalue weighted by Gasteiger charge is -2.37. The van der Waals surface area contributed by atoms with E-state index in [9.17, 15) is 0 Å². The molecule has 6 aromatic carbocycles. The van der Waals surface area contributed by atoms with Gasteiger partial charge in [0.25, 0.3) is 0 Å². The van der Waals surface area contributed by atoms with Gasteiger partial charge < -0.3 is 4.90 Å². The van der Waals surface area contributed by atoms with Crippen LogP contribution < -0.4 is 4.90 Å². The van der Waals surface area contributed by atoms with Crippen molar-refractivity contribution in [1.29, 1.82) is 0 Å². The lowest BCUT2D eigenvalue weighted by atomic mass is 9.65. The number of anilines is 3. The van der Waals surface area contributed by atoms with Gasteiger partial charge in [-0.25, -0.2) is 0 Å². The third-order valence-electron chi connectivity index (χ3n) is 9.24. The van der Waals surface area contributed by atoms with Gasteiger partial charge in [-0.15, -0.1) is 0 Å². The van der Waals surface area contributed by atoms with Crippen molar-refractivity contribution in [3.8, 4) is 11.1 Å². The van der Waals surface area contributed by atoms with E-state index < -0.39 is 0 Å². The molecule has 0 aromatic heterocycles. The number of rotatable bonds is 6. The Balaban J connectivity index is 1.30. The minimum absolute atomic E-state index is 0.318. The summed E-state index contributed by atoms with van der Waals surface area (Å²) in [5.41, 5.74) is 13.8. The standard InChI is InChI=1S/C43H33N/c1-4-15-32(16-5-1)33-17-14-22-38(31-33)44(36-20-8-3-9-21-36)37-29-27-35(28-30-37)43(34-18-6-2-7-19-34)41-25-12-10-23-39(41)40-24-11-13-26-42(40)43/h1-12,14-25,27-31H,13,26H2. The topological polar surface area (TPSA) is 3.24 Å². The summed E-state index contributed by atoms with van der Waals surface area (Å²) in [4.78, 5) is 2.36. The summed E-state index contributed by atoms with van der Waals surface area (Å²) in [6.45, 7) is 0. The van der Waals surface area contributed by atoms with E-state index in [1.807, 2.05) is 0 Å². The second kappa shape index (κ2) is 11.0. The van der Waals surface area contributed by atoms with Crippen LogP contribution >= 0.6 is 0 Å². The quantitative estimate of drug-likeness (QED) is 0.195. The summed E-state index contributed by atoms with van der Waals surface area (Å²) >= 11 is 0. The maximum Gasteiger partial charge on any atom is 0.0676 e. The summed E-state index contributed by atoms with van der Waals surface area (Å²) in [5.74, 6) is 0. The van der Waals surface area contributed by atoms with E-state index in [0.717, 1.165) is 29.9 Å². The highest BCUT2D eigenvalue weighted by Crippen LogP contribution is 2.57. The van der Waals surface area contributed by atoms with E-state index in [1.54, 1.807) is 0 Å². The summed E-state index contributed by atoms with van der Waals surface area (Å²) in [7, 11) is 0. The van der Waals surface area contributed by atoms with Crippen molar-refractivity contribution >= 4 is 22.6 Å². The van der Waals surface area contributed by atoms with Gasteiger partial charge in [-0.3, -0.25) is 0 Å². The van der Waals surface area contributed by atoms with Crippen molar-refractivity contribution in [3.05, 3.63) is 204 Å². The third-order valence-corrected chi connectivity index (χ3v) is 9.24. The van der Waals surface area contributed by atoms with E-state index in [2.05, 4.69) is 181 Å². The smallest absolute Gasteiger partial charge is 0.0676 e. The van der Waals surface area contributed by atoms with Gasteiger partial charge in [0.1, 0.15) is 0 Å². The molecule has 0 spiro atoms. The molecule has 2 aliphatic carbocycles. The fourth-order valence-corrected chi connectivity index (χ4v) is 7.37. The molecule has 44 heavy (non-hydrogen) atoms. The Labute approximate surface area is 260 Å². The third kappa shape index (κ3) is 4.24. The molecule has 1 nitrogen and oxygen atoms in total. The van der Waals surface area contributed by atoms with Crippen LogP contribution in [-0.2, 0) is 5.41 Å². The molecular weight excluding hydrogens is 530 g/mol. The van der Waals surface area contributed by atoms with E-state index in [4.69, 9.17) is 0 Å². The average Bonchev–Trinajstić information content (AvgIpc) is 3.41. The van der Waals surface area contributed by atoms with Crippen molar-refractivity contribution in [2.24, 2.45) is 0 Å². The van der Waals surface area contributed by atoms with Crippen LogP contribution in [0.15, 0.2) is 182 Å². The van der Waals surface area contributed by atoms with Gasteiger partial charge in [0.05, 0.1) is 5.41 Å². The molecule has 0 N–H and O–H groups in total. The van der Waals surface area contributed by atoms with Crippen molar-refractivity contribution in [2.75, 3.05) is 4.90 Å². The first-order valence-electron chi connectivity index (χ1n) is 15.5. The van der Waals surface area contributed by atoms with Crippen LogP contribution in [0.25, 0.3) is 16.7 Å². The first-order chi connectivity index (χ1) is 21.8. The lowest BCUT2D eigenvalue weighted by Crippen LogP contribution is -2.30. The largest absolute Gasteiger partial charge is 0.310 e. The number of benzene rings is 6. The van der Waals surface area contributed by atoms with E-state index >= 15 is 0 Å². The van der Waals surface area contributed by atoms with Crippen LogP contribution in [-0.4, -0.2) is 0 Å². The van der Waals surface area contributed by atoms with Gasteiger partial charge in [-0.05, 0) is 93.8 Å². The number of hydrogen-bond donors (Lipinski definition) is 0. The Bertz CT molecular complexity index is 1990. The van der Waals surface area contributed by atoms with Crippen molar-refractivity contribution in [3.63, 3.8) is 0 Å². The van der Waals surface area contributed by atoms with Crippen LogP contribution in [0.4, 0.5) is 17.1 Å². The van der Waals surface area contributed by atoms with Crippen LogP contribution in [0.3, 0.4) is 0 Å². The zero-order chi connectivity index (χ0) is 29.3. The fourth-order valence-electron chi connectivity index (χ4n) is 7.37. The molecule has 0 heterocycles. The molecule has 0 saturated heterocycles. The molecule has 0 fully saturated rings. The predicted octanol–water partition coefficient (Wildman–Crippen LogP) is 11.3. The van der Waals surface area contributed by atoms with Crippen LogP contribution in [0.2, 0.25) is 0 Å².